The first kappa shape index (κ1) is 14.8. The SMILES string of the molecule is OC1CCCN(c2ncc(-c3ccccn3)c(-c3ccco3)n2)C1. The molecule has 3 aromatic heterocycles. The number of piperidine rings is 1. The molecule has 1 aliphatic rings. The Bertz CT molecular complexity index is 805. The van der Waals surface area contributed by atoms with Crippen LogP contribution >= 0.6 is 0 Å². The summed E-state index contributed by atoms with van der Waals surface area (Å²) in [6.07, 6.45) is 6.59. The Hall–Kier alpha value is -2.73. The van der Waals surface area contributed by atoms with E-state index in [9.17, 15) is 5.11 Å². The van der Waals surface area contributed by atoms with E-state index in [1.165, 1.54) is 0 Å². The van der Waals surface area contributed by atoms with Crippen LogP contribution in [-0.2, 0) is 0 Å². The van der Waals surface area contributed by atoms with Gasteiger partial charge in [0.15, 0.2) is 5.76 Å². The highest BCUT2D eigenvalue weighted by molar-refractivity contribution is 5.76. The number of hydrogen-bond acceptors (Lipinski definition) is 6. The van der Waals surface area contributed by atoms with Crippen molar-refractivity contribution in [2.24, 2.45) is 0 Å². The zero-order valence-electron chi connectivity index (χ0n) is 13.2. The molecule has 1 atom stereocenters. The van der Waals surface area contributed by atoms with Crippen LogP contribution in [0.3, 0.4) is 0 Å². The Morgan fingerprint density at radius 1 is 1.17 bits per heavy atom. The molecule has 4 heterocycles. The molecule has 0 saturated carbocycles. The largest absolute Gasteiger partial charge is 0.463 e. The molecule has 1 aliphatic heterocycles. The fourth-order valence-corrected chi connectivity index (χ4v) is 2.97. The van der Waals surface area contributed by atoms with Gasteiger partial charge in [-0.25, -0.2) is 9.97 Å². The quantitative estimate of drug-likeness (QED) is 0.799. The van der Waals surface area contributed by atoms with Crippen molar-refractivity contribution in [3.05, 3.63) is 49.0 Å². The lowest BCUT2D eigenvalue weighted by Crippen LogP contribution is -2.39. The Morgan fingerprint density at radius 3 is 2.88 bits per heavy atom. The van der Waals surface area contributed by atoms with E-state index in [-0.39, 0.29) is 6.10 Å². The van der Waals surface area contributed by atoms with Crippen molar-refractivity contribution in [1.82, 2.24) is 15.0 Å². The summed E-state index contributed by atoms with van der Waals surface area (Å²) in [5, 5.41) is 9.90. The molecule has 0 spiro atoms. The number of anilines is 1. The molecule has 0 bridgehead atoms. The first-order valence-corrected chi connectivity index (χ1v) is 8.06. The van der Waals surface area contributed by atoms with Crippen LogP contribution in [0.5, 0.6) is 0 Å². The average molecular weight is 322 g/mol. The van der Waals surface area contributed by atoms with Gasteiger partial charge in [0.2, 0.25) is 5.95 Å². The summed E-state index contributed by atoms with van der Waals surface area (Å²) < 4.78 is 5.56. The van der Waals surface area contributed by atoms with Crippen molar-refractivity contribution >= 4 is 5.95 Å². The molecule has 1 saturated heterocycles. The van der Waals surface area contributed by atoms with E-state index in [4.69, 9.17) is 9.40 Å². The van der Waals surface area contributed by atoms with Gasteiger partial charge in [-0.15, -0.1) is 0 Å². The second-order valence-electron chi connectivity index (χ2n) is 5.87. The molecular formula is C18H18N4O2. The van der Waals surface area contributed by atoms with Gasteiger partial charge in [-0.1, -0.05) is 6.07 Å². The minimum atomic E-state index is -0.329. The minimum Gasteiger partial charge on any atom is -0.463 e. The third kappa shape index (κ3) is 2.88. The van der Waals surface area contributed by atoms with Crippen LogP contribution in [0.2, 0.25) is 0 Å². The topological polar surface area (TPSA) is 75.3 Å². The smallest absolute Gasteiger partial charge is 0.226 e. The van der Waals surface area contributed by atoms with Crippen molar-refractivity contribution in [1.29, 1.82) is 0 Å². The Morgan fingerprint density at radius 2 is 2.12 bits per heavy atom. The number of rotatable bonds is 3. The van der Waals surface area contributed by atoms with E-state index in [0.29, 0.717) is 23.9 Å². The summed E-state index contributed by atoms with van der Waals surface area (Å²) in [7, 11) is 0. The van der Waals surface area contributed by atoms with Crippen LogP contribution in [0.4, 0.5) is 5.95 Å². The lowest BCUT2D eigenvalue weighted by Gasteiger charge is -2.30. The average Bonchev–Trinajstić information content (AvgIpc) is 3.16. The molecule has 122 valence electrons. The third-order valence-corrected chi connectivity index (χ3v) is 4.15. The number of nitrogens with zero attached hydrogens (tertiary/aromatic N) is 4. The van der Waals surface area contributed by atoms with Gasteiger partial charge in [0.1, 0.15) is 5.69 Å². The Labute approximate surface area is 139 Å². The molecular weight excluding hydrogens is 304 g/mol. The molecule has 0 amide bonds. The molecule has 6 heteroatoms. The zero-order valence-corrected chi connectivity index (χ0v) is 13.2. The van der Waals surface area contributed by atoms with E-state index >= 15 is 0 Å². The maximum atomic E-state index is 9.90. The van der Waals surface area contributed by atoms with Crippen LogP contribution in [0, 0.1) is 0 Å². The fourth-order valence-electron chi connectivity index (χ4n) is 2.97. The van der Waals surface area contributed by atoms with Gasteiger partial charge in [0.05, 0.1) is 18.1 Å². The van der Waals surface area contributed by atoms with Gasteiger partial charge in [-0.3, -0.25) is 4.98 Å². The monoisotopic (exact) mass is 322 g/mol. The second-order valence-corrected chi connectivity index (χ2v) is 5.87. The lowest BCUT2D eigenvalue weighted by molar-refractivity contribution is 0.153. The van der Waals surface area contributed by atoms with E-state index in [1.807, 2.05) is 35.2 Å². The van der Waals surface area contributed by atoms with Gasteiger partial charge in [-0.2, -0.15) is 0 Å². The predicted octanol–water partition coefficient (Wildman–Crippen LogP) is 2.76. The summed E-state index contributed by atoms with van der Waals surface area (Å²) in [6, 6.07) is 9.45. The van der Waals surface area contributed by atoms with Crippen LogP contribution in [0.25, 0.3) is 22.7 Å². The van der Waals surface area contributed by atoms with Gasteiger partial charge < -0.3 is 14.4 Å². The first-order valence-electron chi connectivity index (χ1n) is 8.06. The number of β-amino-alcohol motifs (C(OH)–C–C–N with tert-alkyl or cyclic N) is 1. The molecule has 6 nitrogen and oxygen atoms in total. The fraction of sp³-hybridized carbons (Fsp3) is 0.278. The van der Waals surface area contributed by atoms with Crippen LogP contribution in [0.15, 0.2) is 53.4 Å². The highest BCUT2D eigenvalue weighted by Gasteiger charge is 2.22. The van der Waals surface area contributed by atoms with Gasteiger partial charge >= 0.3 is 0 Å². The highest BCUT2D eigenvalue weighted by atomic mass is 16.3. The van der Waals surface area contributed by atoms with E-state index in [2.05, 4.69) is 9.97 Å². The zero-order chi connectivity index (χ0) is 16.4. The number of aliphatic hydroxyl groups excluding tert-OH is 1. The molecule has 24 heavy (non-hydrogen) atoms. The molecule has 3 aromatic rings. The van der Waals surface area contributed by atoms with Crippen molar-refractivity contribution in [2.45, 2.75) is 18.9 Å². The minimum absolute atomic E-state index is 0.329. The normalized spacial score (nSPS) is 17.9. The summed E-state index contributed by atoms with van der Waals surface area (Å²) in [5.41, 5.74) is 2.34. The number of hydrogen-bond donors (Lipinski definition) is 1. The highest BCUT2D eigenvalue weighted by Crippen LogP contribution is 2.31. The maximum Gasteiger partial charge on any atom is 0.226 e. The Balaban J connectivity index is 1.78. The molecule has 0 radical (unpaired) electrons. The Kier molecular flexibility index (Phi) is 3.96. The van der Waals surface area contributed by atoms with E-state index in [1.54, 1.807) is 18.7 Å². The predicted molar refractivity (Wildman–Crippen MR) is 90.4 cm³/mol. The number of furan rings is 1. The van der Waals surface area contributed by atoms with Crippen LogP contribution in [-0.4, -0.2) is 39.3 Å². The van der Waals surface area contributed by atoms with Crippen molar-refractivity contribution < 1.29 is 9.52 Å². The molecule has 1 unspecified atom stereocenters. The van der Waals surface area contributed by atoms with Crippen LogP contribution in [0.1, 0.15) is 12.8 Å². The maximum absolute atomic E-state index is 9.90. The third-order valence-electron chi connectivity index (χ3n) is 4.15. The standard InChI is InChI=1S/C18H18N4O2/c23-13-5-3-9-22(12-13)18-20-11-14(15-6-1-2-8-19-15)17(21-18)16-7-4-10-24-16/h1-2,4,6-8,10-11,13,23H,3,5,9,12H2. The molecule has 1 fully saturated rings. The van der Waals surface area contributed by atoms with Crippen molar-refractivity contribution in [3.63, 3.8) is 0 Å². The number of aromatic nitrogens is 3. The van der Waals surface area contributed by atoms with Gasteiger partial charge in [-0.05, 0) is 37.1 Å². The van der Waals surface area contributed by atoms with Gasteiger partial charge in [0, 0.05) is 31.0 Å². The number of pyridine rings is 1. The van der Waals surface area contributed by atoms with Crippen LogP contribution < -0.4 is 4.90 Å². The molecule has 0 aliphatic carbocycles. The second kappa shape index (κ2) is 6.41. The molecule has 1 N–H and O–H groups in total. The van der Waals surface area contributed by atoms with E-state index < -0.39 is 0 Å². The summed E-state index contributed by atoms with van der Waals surface area (Å²) in [6.45, 7) is 1.40. The van der Waals surface area contributed by atoms with Gasteiger partial charge in [0.25, 0.3) is 0 Å². The molecule has 0 aromatic carbocycles. The molecule has 4 rings (SSSR count). The summed E-state index contributed by atoms with van der Waals surface area (Å²) in [5.74, 6) is 1.29. The first-order chi connectivity index (χ1) is 11.8. The van der Waals surface area contributed by atoms with Crippen molar-refractivity contribution in [2.75, 3.05) is 18.0 Å². The lowest BCUT2D eigenvalue weighted by atomic mass is 10.1. The van der Waals surface area contributed by atoms with Crippen molar-refractivity contribution in [3.8, 4) is 22.7 Å². The summed E-state index contributed by atoms with van der Waals surface area (Å²) in [4.78, 5) is 15.6. The van der Waals surface area contributed by atoms with E-state index in [0.717, 1.165) is 30.6 Å². The summed E-state index contributed by atoms with van der Waals surface area (Å²) >= 11 is 0. The number of aliphatic hydroxyl groups is 1.